The maximum absolute atomic E-state index is 11.3. The van der Waals surface area contributed by atoms with Crippen molar-refractivity contribution in [1.82, 2.24) is 0 Å². The second-order valence-electron chi connectivity index (χ2n) is 4.42. The number of ether oxygens (including phenoxy) is 2. The minimum Gasteiger partial charge on any atom is -0.466 e. The van der Waals surface area contributed by atoms with Gasteiger partial charge in [-0.25, -0.2) is 4.79 Å². The second-order valence-corrected chi connectivity index (χ2v) is 4.95. The first-order valence-corrected chi connectivity index (χ1v) is 5.37. The van der Waals surface area contributed by atoms with Crippen LogP contribution in [0.4, 0.5) is 0 Å². The molecule has 2 rings (SSSR count). The van der Waals surface area contributed by atoms with Crippen LogP contribution in [-0.4, -0.2) is 23.7 Å². The molecule has 0 aromatic heterocycles. The van der Waals surface area contributed by atoms with Gasteiger partial charge in [0.25, 0.3) is 5.06 Å². The molecule has 0 aromatic carbocycles. The molecule has 0 N–H and O–H groups in total. The van der Waals surface area contributed by atoms with Gasteiger partial charge in [0.2, 0.25) is 0 Å². The molecule has 1 aliphatic carbocycles. The van der Waals surface area contributed by atoms with E-state index >= 15 is 0 Å². The highest BCUT2D eigenvalue weighted by molar-refractivity contribution is 6.35. The number of epoxide rings is 1. The lowest BCUT2D eigenvalue weighted by molar-refractivity contribution is -0.143. The second kappa shape index (κ2) is 3.11. The average molecular weight is 219 g/mol. The molecule has 3 nitrogen and oxygen atoms in total. The lowest BCUT2D eigenvalue weighted by Gasteiger charge is -2.27. The fraction of sp³-hybridized carbons (Fsp3) is 0.900. The first kappa shape index (κ1) is 10.2. The highest BCUT2D eigenvalue weighted by Crippen LogP contribution is 2.57. The monoisotopic (exact) mass is 218 g/mol. The Balaban J connectivity index is 1.96. The molecule has 4 heteroatoms. The van der Waals surface area contributed by atoms with Crippen LogP contribution >= 0.6 is 11.6 Å². The average Bonchev–Trinajstić information content (AvgIpc) is 2.63. The third kappa shape index (κ3) is 1.34. The van der Waals surface area contributed by atoms with Gasteiger partial charge < -0.3 is 9.47 Å². The van der Waals surface area contributed by atoms with Gasteiger partial charge in [-0.1, -0.05) is 30.9 Å². The van der Waals surface area contributed by atoms with E-state index in [1.165, 1.54) is 26.4 Å². The molecule has 2 fully saturated rings. The zero-order valence-corrected chi connectivity index (χ0v) is 9.26. The predicted octanol–water partition coefficient (Wildman–Crippen LogP) is 2.07. The molecule has 1 saturated carbocycles. The van der Waals surface area contributed by atoms with Crippen LogP contribution in [0.15, 0.2) is 0 Å². The van der Waals surface area contributed by atoms with Gasteiger partial charge in [-0.3, -0.25) is 0 Å². The van der Waals surface area contributed by atoms with E-state index in [0.29, 0.717) is 5.92 Å². The minimum absolute atomic E-state index is 0.471. The third-order valence-corrected chi connectivity index (χ3v) is 3.99. The van der Waals surface area contributed by atoms with Gasteiger partial charge in [0.1, 0.15) is 5.60 Å². The van der Waals surface area contributed by atoms with Crippen LogP contribution in [0.3, 0.4) is 0 Å². The number of carbonyl (C=O) groups excluding carboxylic acids is 1. The molecule has 0 bridgehead atoms. The summed E-state index contributed by atoms with van der Waals surface area (Å²) < 4.78 is 9.95. The fourth-order valence-corrected chi connectivity index (χ4v) is 2.42. The molecule has 1 heterocycles. The van der Waals surface area contributed by atoms with E-state index in [9.17, 15) is 4.79 Å². The first-order valence-electron chi connectivity index (χ1n) is 4.99. The maximum atomic E-state index is 11.3. The largest absolute Gasteiger partial charge is 0.466 e. The molecular weight excluding hydrogens is 204 g/mol. The van der Waals surface area contributed by atoms with Gasteiger partial charge in [0, 0.05) is 0 Å². The van der Waals surface area contributed by atoms with E-state index in [4.69, 9.17) is 16.3 Å². The zero-order valence-electron chi connectivity index (χ0n) is 8.51. The van der Waals surface area contributed by atoms with Gasteiger partial charge in [-0.15, -0.1) is 0 Å². The van der Waals surface area contributed by atoms with Crippen molar-refractivity contribution >= 4 is 17.6 Å². The lowest BCUT2D eigenvalue weighted by Crippen LogP contribution is -2.31. The third-order valence-electron chi connectivity index (χ3n) is 3.36. The SMILES string of the molecule is COC(=O)C1(Cl)OC1(C)CC1CCC1. The number of hydrogen-bond donors (Lipinski definition) is 0. The number of esters is 1. The summed E-state index contributed by atoms with van der Waals surface area (Å²) >= 11 is 6.03. The van der Waals surface area contributed by atoms with Crippen molar-refractivity contribution in [2.24, 2.45) is 5.92 Å². The summed E-state index contributed by atoms with van der Waals surface area (Å²) in [5.74, 6) is 0.200. The first-order chi connectivity index (χ1) is 6.52. The van der Waals surface area contributed by atoms with Crippen molar-refractivity contribution in [3.63, 3.8) is 0 Å². The van der Waals surface area contributed by atoms with E-state index in [1.54, 1.807) is 0 Å². The van der Waals surface area contributed by atoms with Gasteiger partial charge >= 0.3 is 5.97 Å². The Morgan fingerprint density at radius 3 is 2.71 bits per heavy atom. The number of hydrogen-bond acceptors (Lipinski definition) is 3. The van der Waals surface area contributed by atoms with E-state index in [0.717, 1.165) is 6.42 Å². The molecule has 1 saturated heterocycles. The molecule has 2 atom stereocenters. The van der Waals surface area contributed by atoms with Crippen molar-refractivity contribution in [2.45, 2.75) is 43.3 Å². The Hall–Kier alpha value is -0.280. The molecule has 2 aliphatic rings. The maximum Gasteiger partial charge on any atom is 0.357 e. The molecule has 0 amide bonds. The Bertz CT molecular complexity index is 264. The highest BCUT2D eigenvalue weighted by atomic mass is 35.5. The number of alkyl halides is 1. The molecule has 2 unspecified atom stereocenters. The quantitative estimate of drug-likeness (QED) is 0.414. The Morgan fingerprint density at radius 1 is 1.64 bits per heavy atom. The Kier molecular flexibility index (Phi) is 2.27. The standard InChI is InChI=1S/C10H15ClO3/c1-9(6-7-4-3-5-7)10(11,14-9)8(12)13-2/h7H,3-6H2,1-2H3. The molecule has 80 valence electrons. The Labute approximate surface area is 88.7 Å². The van der Waals surface area contributed by atoms with E-state index in [-0.39, 0.29) is 0 Å². The van der Waals surface area contributed by atoms with Gasteiger partial charge in [-0.2, -0.15) is 0 Å². The summed E-state index contributed by atoms with van der Waals surface area (Å²) in [6, 6.07) is 0. The van der Waals surface area contributed by atoms with Gasteiger partial charge in [0.05, 0.1) is 7.11 Å². The summed E-state index contributed by atoms with van der Waals surface area (Å²) in [6.45, 7) is 1.88. The van der Waals surface area contributed by atoms with Crippen LogP contribution in [0.25, 0.3) is 0 Å². The smallest absolute Gasteiger partial charge is 0.357 e. The summed E-state index contributed by atoms with van der Waals surface area (Å²) in [4.78, 5) is 11.3. The zero-order chi connectivity index (χ0) is 10.4. The molecule has 0 spiro atoms. The number of halogens is 1. The van der Waals surface area contributed by atoms with Crippen LogP contribution in [0.2, 0.25) is 0 Å². The van der Waals surface area contributed by atoms with Crippen molar-refractivity contribution in [3.8, 4) is 0 Å². The lowest BCUT2D eigenvalue weighted by atomic mass is 9.78. The normalized spacial score (nSPS) is 41.6. The number of methoxy groups -OCH3 is 1. The predicted molar refractivity (Wildman–Crippen MR) is 52.0 cm³/mol. The van der Waals surface area contributed by atoms with E-state index < -0.39 is 16.6 Å². The van der Waals surface area contributed by atoms with Crippen LogP contribution < -0.4 is 0 Å². The summed E-state index contributed by atoms with van der Waals surface area (Å²) in [6.07, 6.45) is 4.61. The summed E-state index contributed by atoms with van der Waals surface area (Å²) in [5, 5.41) is -1.21. The van der Waals surface area contributed by atoms with E-state index in [2.05, 4.69) is 4.74 Å². The van der Waals surface area contributed by atoms with Gasteiger partial charge in [-0.05, 0) is 19.3 Å². The number of carbonyl (C=O) groups is 1. The molecule has 14 heavy (non-hydrogen) atoms. The van der Waals surface area contributed by atoms with Crippen LogP contribution in [0, 0.1) is 5.92 Å². The topological polar surface area (TPSA) is 38.8 Å². The van der Waals surface area contributed by atoms with Crippen LogP contribution in [-0.2, 0) is 14.3 Å². The van der Waals surface area contributed by atoms with Crippen molar-refractivity contribution in [2.75, 3.05) is 7.11 Å². The van der Waals surface area contributed by atoms with Crippen LogP contribution in [0.5, 0.6) is 0 Å². The van der Waals surface area contributed by atoms with Gasteiger partial charge in [0.15, 0.2) is 0 Å². The van der Waals surface area contributed by atoms with Crippen molar-refractivity contribution < 1.29 is 14.3 Å². The molecule has 1 aliphatic heterocycles. The molecule has 0 aromatic rings. The highest BCUT2D eigenvalue weighted by Gasteiger charge is 2.72. The summed E-state index contributed by atoms with van der Waals surface area (Å²) in [5.41, 5.74) is -0.507. The van der Waals surface area contributed by atoms with E-state index in [1.807, 2.05) is 6.92 Å². The molecular formula is C10H15ClO3. The molecule has 0 radical (unpaired) electrons. The van der Waals surface area contributed by atoms with Crippen molar-refractivity contribution in [1.29, 1.82) is 0 Å². The summed E-state index contributed by atoms with van der Waals surface area (Å²) in [7, 11) is 1.33. The van der Waals surface area contributed by atoms with Crippen LogP contribution in [0.1, 0.15) is 32.6 Å². The fourth-order valence-electron chi connectivity index (χ4n) is 2.09. The minimum atomic E-state index is -1.21. The van der Waals surface area contributed by atoms with Crippen molar-refractivity contribution in [3.05, 3.63) is 0 Å². The Morgan fingerprint density at radius 2 is 2.29 bits per heavy atom. The number of rotatable bonds is 3.